The highest BCUT2D eigenvalue weighted by atomic mass is 19.1. The smallest absolute Gasteiger partial charge is 0.319 e. The molecule has 0 unspecified atom stereocenters. The molecule has 0 aliphatic heterocycles. The normalized spacial score (nSPS) is 10.5. The Morgan fingerprint density at radius 1 is 0.853 bits per heavy atom. The molecule has 34 heavy (non-hydrogen) atoms. The molecule has 3 aromatic carbocycles. The lowest BCUT2D eigenvalue weighted by Gasteiger charge is -2.26. The van der Waals surface area contributed by atoms with Gasteiger partial charge < -0.3 is 20.4 Å². The van der Waals surface area contributed by atoms with Crippen LogP contribution in [0.1, 0.15) is 28.4 Å². The number of amides is 3. The van der Waals surface area contributed by atoms with E-state index in [2.05, 4.69) is 10.6 Å². The van der Waals surface area contributed by atoms with Crippen LogP contribution in [0.25, 0.3) is 0 Å². The van der Waals surface area contributed by atoms with E-state index >= 15 is 0 Å². The molecule has 3 rings (SSSR count). The Labute approximate surface area is 198 Å². The molecule has 2 N–H and O–H groups in total. The van der Waals surface area contributed by atoms with Crippen molar-refractivity contribution in [1.29, 1.82) is 0 Å². The lowest BCUT2D eigenvalue weighted by Crippen LogP contribution is -2.31. The fraction of sp³-hybridized carbons (Fsp3) is 0.231. The van der Waals surface area contributed by atoms with E-state index in [1.807, 2.05) is 38.1 Å². The van der Waals surface area contributed by atoms with Gasteiger partial charge in [0.1, 0.15) is 11.6 Å². The van der Waals surface area contributed by atoms with Gasteiger partial charge in [0.2, 0.25) is 0 Å². The average Bonchev–Trinajstić information content (AvgIpc) is 2.80. The van der Waals surface area contributed by atoms with Crippen molar-refractivity contribution in [2.24, 2.45) is 0 Å². The zero-order chi connectivity index (χ0) is 24.7. The SMILES string of the molecule is CCNC(=O)Nc1ccc(N(C)C)c(CN(Cc2ccc(F)cc2)C(=O)c2ccc(F)cc2)c1. The summed E-state index contributed by atoms with van der Waals surface area (Å²) >= 11 is 0. The van der Waals surface area contributed by atoms with Gasteiger partial charge in [-0.2, -0.15) is 0 Å². The Morgan fingerprint density at radius 2 is 1.47 bits per heavy atom. The Kier molecular flexibility index (Phi) is 8.19. The Hall–Kier alpha value is -3.94. The molecule has 3 amide bonds. The van der Waals surface area contributed by atoms with Gasteiger partial charge >= 0.3 is 6.03 Å². The van der Waals surface area contributed by atoms with Gasteiger partial charge in [0.25, 0.3) is 5.91 Å². The van der Waals surface area contributed by atoms with E-state index in [0.29, 0.717) is 17.8 Å². The monoisotopic (exact) mass is 466 g/mol. The van der Waals surface area contributed by atoms with Crippen molar-refractivity contribution >= 4 is 23.3 Å². The summed E-state index contributed by atoms with van der Waals surface area (Å²) in [7, 11) is 3.78. The molecule has 3 aromatic rings. The zero-order valence-electron chi connectivity index (χ0n) is 19.4. The van der Waals surface area contributed by atoms with Gasteiger partial charge in [0, 0.05) is 50.7 Å². The highest BCUT2D eigenvalue weighted by Crippen LogP contribution is 2.26. The molecule has 0 spiro atoms. The van der Waals surface area contributed by atoms with E-state index in [1.54, 1.807) is 23.1 Å². The van der Waals surface area contributed by atoms with Gasteiger partial charge in [-0.25, -0.2) is 13.6 Å². The predicted octanol–water partition coefficient (Wildman–Crippen LogP) is 5.01. The number of benzene rings is 3. The van der Waals surface area contributed by atoms with Crippen molar-refractivity contribution in [2.45, 2.75) is 20.0 Å². The number of nitrogens with one attached hydrogen (secondary N) is 2. The second kappa shape index (κ2) is 11.3. The van der Waals surface area contributed by atoms with Gasteiger partial charge in [-0.05, 0) is 72.6 Å². The van der Waals surface area contributed by atoms with Crippen molar-refractivity contribution in [3.8, 4) is 0 Å². The molecule has 0 aromatic heterocycles. The second-order valence-corrected chi connectivity index (χ2v) is 8.02. The summed E-state index contributed by atoms with van der Waals surface area (Å²) in [6.45, 7) is 2.75. The van der Waals surface area contributed by atoms with Crippen LogP contribution in [-0.4, -0.2) is 37.5 Å². The number of rotatable bonds is 8. The molecule has 0 bridgehead atoms. The number of halogens is 2. The number of carbonyl (C=O) groups excluding carboxylic acids is 2. The highest BCUT2D eigenvalue weighted by molar-refractivity contribution is 5.94. The number of hydrogen-bond donors (Lipinski definition) is 2. The molecule has 0 heterocycles. The molecule has 0 aliphatic carbocycles. The summed E-state index contributed by atoms with van der Waals surface area (Å²) in [4.78, 5) is 28.9. The van der Waals surface area contributed by atoms with Crippen LogP contribution >= 0.6 is 0 Å². The fourth-order valence-corrected chi connectivity index (χ4v) is 3.55. The number of anilines is 2. The molecule has 0 saturated heterocycles. The Balaban J connectivity index is 1.96. The van der Waals surface area contributed by atoms with E-state index in [-0.39, 0.29) is 30.8 Å². The molecule has 0 saturated carbocycles. The van der Waals surface area contributed by atoms with E-state index in [9.17, 15) is 18.4 Å². The van der Waals surface area contributed by atoms with Crippen LogP contribution in [0.4, 0.5) is 25.0 Å². The summed E-state index contributed by atoms with van der Waals surface area (Å²) in [6, 6.07) is 16.5. The van der Waals surface area contributed by atoms with Gasteiger partial charge in [-0.3, -0.25) is 4.79 Å². The van der Waals surface area contributed by atoms with Gasteiger partial charge in [0.15, 0.2) is 0 Å². The van der Waals surface area contributed by atoms with Crippen LogP contribution in [0.3, 0.4) is 0 Å². The molecule has 6 nitrogen and oxygen atoms in total. The van der Waals surface area contributed by atoms with E-state index in [0.717, 1.165) is 16.8 Å². The first-order chi connectivity index (χ1) is 16.3. The standard InChI is InChI=1S/C26H28F2N4O2/c1-4-29-26(34)30-23-13-14-24(31(2)3)20(15-23)17-32(16-18-5-9-21(27)10-6-18)25(33)19-7-11-22(28)12-8-19/h5-15H,4,16-17H2,1-3H3,(H2,29,30,34). The third-order valence-corrected chi connectivity index (χ3v) is 5.18. The zero-order valence-corrected chi connectivity index (χ0v) is 19.4. The van der Waals surface area contributed by atoms with Crippen molar-refractivity contribution in [3.05, 3.63) is 95.1 Å². The fourth-order valence-electron chi connectivity index (χ4n) is 3.55. The first-order valence-corrected chi connectivity index (χ1v) is 10.9. The van der Waals surface area contributed by atoms with Crippen LogP contribution in [0, 0.1) is 11.6 Å². The summed E-state index contributed by atoms with van der Waals surface area (Å²) in [6.07, 6.45) is 0. The topological polar surface area (TPSA) is 64.7 Å². The van der Waals surface area contributed by atoms with E-state index in [1.165, 1.54) is 36.4 Å². The van der Waals surface area contributed by atoms with Crippen LogP contribution in [0.15, 0.2) is 66.7 Å². The summed E-state index contributed by atoms with van der Waals surface area (Å²) in [5.41, 5.74) is 3.35. The first-order valence-electron chi connectivity index (χ1n) is 10.9. The van der Waals surface area contributed by atoms with E-state index in [4.69, 9.17) is 0 Å². The third-order valence-electron chi connectivity index (χ3n) is 5.18. The quantitative estimate of drug-likeness (QED) is 0.490. The third kappa shape index (κ3) is 6.54. The van der Waals surface area contributed by atoms with Crippen molar-refractivity contribution in [3.63, 3.8) is 0 Å². The Morgan fingerprint density at radius 3 is 2.06 bits per heavy atom. The van der Waals surface area contributed by atoms with Crippen molar-refractivity contribution in [1.82, 2.24) is 10.2 Å². The Bertz CT molecular complexity index is 1130. The van der Waals surface area contributed by atoms with E-state index < -0.39 is 5.82 Å². The molecule has 0 atom stereocenters. The average molecular weight is 467 g/mol. The minimum absolute atomic E-state index is 0.214. The van der Waals surface area contributed by atoms with Crippen LogP contribution in [0.5, 0.6) is 0 Å². The molecule has 0 aliphatic rings. The maximum Gasteiger partial charge on any atom is 0.319 e. The summed E-state index contributed by atoms with van der Waals surface area (Å²) in [5.74, 6) is -1.09. The molecule has 0 fully saturated rings. The van der Waals surface area contributed by atoms with Crippen LogP contribution < -0.4 is 15.5 Å². The highest BCUT2D eigenvalue weighted by Gasteiger charge is 2.20. The van der Waals surface area contributed by atoms with Crippen molar-refractivity contribution < 1.29 is 18.4 Å². The van der Waals surface area contributed by atoms with Gasteiger partial charge in [-0.1, -0.05) is 12.1 Å². The maximum absolute atomic E-state index is 13.4. The largest absolute Gasteiger partial charge is 0.377 e. The predicted molar refractivity (Wildman–Crippen MR) is 130 cm³/mol. The lowest BCUT2D eigenvalue weighted by molar-refractivity contribution is 0.0730. The van der Waals surface area contributed by atoms with Gasteiger partial charge in [0.05, 0.1) is 0 Å². The van der Waals surface area contributed by atoms with Crippen molar-refractivity contribution in [2.75, 3.05) is 30.9 Å². The number of carbonyl (C=O) groups is 2. The second-order valence-electron chi connectivity index (χ2n) is 8.02. The number of nitrogens with zero attached hydrogens (tertiary/aromatic N) is 2. The molecular formula is C26H28F2N4O2. The summed E-state index contributed by atoms with van der Waals surface area (Å²) in [5, 5.41) is 5.48. The van der Waals surface area contributed by atoms with Crippen LogP contribution in [-0.2, 0) is 13.1 Å². The summed E-state index contributed by atoms with van der Waals surface area (Å²) < 4.78 is 26.8. The first kappa shape index (κ1) is 24.7. The van der Waals surface area contributed by atoms with Crippen LogP contribution in [0.2, 0.25) is 0 Å². The lowest BCUT2D eigenvalue weighted by atomic mass is 10.1. The molecular weight excluding hydrogens is 438 g/mol. The molecule has 8 heteroatoms. The minimum atomic E-state index is -0.430. The number of hydrogen-bond acceptors (Lipinski definition) is 3. The number of urea groups is 1. The minimum Gasteiger partial charge on any atom is -0.377 e. The maximum atomic E-state index is 13.4. The molecule has 0 radical (unpaired) electrons. The van der Waals surface area contributed by atoms with Gasteiger partial charge in [-0.15, -0.1) is 0 Å². The molecule has 178 valence electrons.